The first-order valence-corrected chi connectivity index (χ1v) is 12.2. The molecule has 0 aliphatic carbocycles. The fraction of sp³-hybridized carbons (Fsp3) is 0.190. The number of aliphatic hydroxyl groups excluding tert-OH is 2. The highest BCUT2D eigenvalue weighted by Gasteiger charge is 2.22. The van der Waals surface area contributed by atoms with Crippen molar-refractivity contribution in [2.45, 2.75) is 15.9 Å². The number of hydrogen-bond donors (Lipinski definition) is 2. The van der Waals surface area contributed by atoms with E-state index in [0.29, 0.717) is 5.75 Å². The van der Waals surface area contributed by atoms with Crippen molar-refractivity contribution in [2.24, 2.45) is 0 Å². The highest BCUT2D eigenvalue weighted by atomic mass is 35.5. The van der Waals surface area contributed by atoms with Crippen LogP contribution in [0.4, 0.5) is 0 Å². The van der Waals surface area contributed by atoms with Crippen LogP contribution in [-0.2, 0) is 9.84 Å². The number of aliphatic hydroxyl groups is 2. The number of aromatic nitrogens is 2. The molecule has 0 bridgehead atoms. The molecule has 0 aliphatic rings. The summed E-state index contributed by atoms with van der Waals surface area (Å²) in [4.78, 5) is 3.72. The molecular weight excluding hydrogens is 515 g/mol. The summed E-state index contributed by atoms with van der Waals surface area (Å²) in [7, 11) is -3.94. The molecule has 0 fully saturated rings. The Kier molecular flexibility index (Phi) is 8.50. The molecule has 0 spiro atoms. The molecule has 0 saturated carbocycles. The molecule has 1 heterocycles. The second kappa shape index (κ2) is 11.1. The third-order valence-corrected chi connectivity index (χ3v) is 6.89. The SMILES string of the molecule is O=S(=O)(c1ccc(OC/C(O)=C/n2ccnc2)cc1)c1cc(Cl)c(OC[C@H](O)CCl)c(Cl)c1. The molecule has 33 heavy (non-hydrogen) atoms. The van der Waals surface area contributed by atoms with E-state index in [1.807, 2.05) is 0 Å². The van der Waals surface area contributed by atoms with Crippen LogP contribution in [0.5, 0.6) is 11.5 Å². The van der Waals surface area contributed by atoms with Crippen molar-refractivity contribution in [3.63, 3.8) is 0 Å². The summed E-state index contributed by atoms with van der Waals surface area (Å²) < 4.78 is 38.4. The van der Waals surface area contributed by atoms with Crippen molar-refractivity contribution in [3.8, 4) is 11.5 Å². The average molecular weight is 534 g/mol. The first kappa shape index (κ1) is 25.2. The van der Waals surface area contributed by atoms with E-state index in [0.717, 1.165) is 0 Å². The molecular formula is C21H19Cl3N2O6S. The van der Waals surface area contributed by atoms with Gasteiger partial charge < -0.3 is 24.3 Å². The Labute approximate surface area is 205 Å². The molecule has 8 nitrogen and oxygen atoms in total. The first-order chi connectivity index (χ1) is 15.7. The Morgan fingerprint density at radius 1 is 1.12 bits per heavy atom. The highest BCUT2D eigenvalue weighted by Crippen LogP contribution is 2.37. The van der Waals surface area contributed by atoms with Crippen molar-refractivity contribution >= 4 is 50.8 Å². The van der Waals surface area contributed by atoms with E-state index in [-0.39, 0.29) is 50.4 Å². The van der Waals surface area contributed by atoms with Crippen molar-refractivity contribution < 1.29 is 28.1 Å². The van der Waals surface area contributed by atoms with Gasteiger partial charge in [0.15, 0.2) is 5.75 Å². The molecule has 0 radical (unpaired) electrons. The summed E-state index contributed by atoms with van der Waals surface area (Å²) in [5.74, 6) is 0.322. The maximum atomic E-state index is 13.0. The zero-order chi connectivity index (χ0) is 24.0. The number of alkyl halides is 1. The Balaban J connectivity index is 1.72. The van der Waals surface area contributed by atoms with Crippen LogP contribution in [-0.4, -0.2) is 53.4 Å². The van der Waals surface area contributed by atoms with Gasteiger partial charge in [-0.05, 0) is 36.4 Å². The number of imidazole rings is 1. The predicted molar refractivity (Wildman–Crippen MR) is 125 cm³/mol. The fourth-order valence-corrected chi connectivity index (χ4v) is 4.74. The second-order valence-corrected chi connectivity index (χ2v) is 9.80. The lowest BCUT2D eigenvalue weighted by Crippen LogP contribution is -2.19. The first-order valence-electron chi connectivity index (χ1n) is 9.41. The zero-order valence-corrected chi connectivity index (χ0v) is 20.0. The molecule has 1 aromatic heterocycles. The minimum absolute atomic E-state index is 0.00797. The van der Waals surface area contributed by atoms with Crippen molar-refractivity contribution in [1.29, 1.82) is 0 Å². The lowest BCUT2D eigenvalue weighted by molar-refractivity contribution is 0.125. The molecule has 0 aliphatic heterocycles. The minimum atomic E-state index is -3.94. The Hall–Kier alpha value is -2.43. The standard InChI is InChI=1S/C21H19Cl3N2O6S/c22-9-14(27)11-32-21-19(23)7-18(8-20(21)24)33(29,30)17-3-1-16(2-4-17)31-12-15(28)10-26-6-5-25-13-26/h1-8,10,13-14,27-28H,9,11-12H2/b15-10-/t14-/m1/s1. The molecule has 0 saturated heterocycles. The van der Waals surface area contributed by atoms with Gasteiger partial charge >= 0.3 is 0 Å². The summed E-state index contributed by atoms with van der Waals surface area (Å²) in [6.07, 6.45) is 5.23. The molecule has 2 N–H and O–H groups in total. The lowest BCUT2D eigenvalue weighted by Gasteiger charge is -2.14. The van der Waals surface area contributed by atoms with E-state index in [4.69, 9.17) is 44.3 Å². The van der Waals surface area contributed by atoms with Crippen LogP contribution in [0.1, 0.15) is 0 Å². The van der Waals surface area contributed by atoms with E-state index >= 15 is 0 Å². The van der Waals surface area contributed by atoms with E-state index < -0.39 is 15.9 Å². The van der Waals surface area contributed by atoms with Gasteiger partial charge in [-0.3, -0.25) is 0 Å². The van der Waals surface area contributed by atoms with Gasteiger partial charge in [0.25, 0.3) is 0 Å². The van der Waals surface area contributed by atoms with Crippen LogP contribution in [0.3, 0.4) is 0 Å². The zero-order valence-electron chi connectivity index (χ0n) is 16.9. The Bertz CT molecular complexity index is 1190. The van der Waals surface area contributed by atoms with Crippen LogP contribution in [0, 0.1) is 0 Å². The Morgan fingerprint density at radius 3 is 2.36 bits per heavy atom. The van der Waals surface area contributed by atoms with Gasteiger partial charge in [-0.15, -0.1) is 11.6 Å². The molecule has 1 atom stereocenters. The van der Waals surface area contributed by atoms with E-state index in [1.54, 1.807) is 17.0 Å². The number of rotatable bonds is 10. The Morgan fingerprint density at radius 2 is 1.79 bits per heavy atom. The van der Waals surface area contributed by atoms with Crippen LogP contribution >= 0.6 is 34.8 Å². The number of benzene rings is 2. The number of nitrogens with zero attached hydrogens (tertiary/aromatic N) is 2. The van der Waals surface area contributed by atoms with Gasteiger partial charge in [0.2, 0.25) is 9.84 Å². The van der Waals surface area contributed by atoms with Gasteiger partial charge in [-0.2, -0.15) is 0 Å². The third-order valence-electron chi connectivity index (χ3n) is 4.22. The van der Waals surface area contributed by atoms with E-state index in [9.17, 15) is 18.6 Å². The highest BCUT2D eigenvalue weighted by molar-refractivity contribution is 7.91. The monoisotopic (exact) mass is 532 g/mol. The van der Waals surface area contributed by atoms with Crippen LogP contribution in [0.25, 0.3) is 6.20 Å². The summed E-state index contributed by atoms with van der Waals surface area (Å²) in [6, 6.07) is 8.09. The second-order valence-electron chi connectivity index (χ2n) is 6.73. The molecule has 2 aromatic carbocycles. The van der Waals surface area contributed by atoms with Crippen LogP contribution < -0.4 is 9.47 Å². The van der Waals surface area contributed by atoms with Crippen LogP contribution in [0.15, 0.2) is 70.7 Å². The molecule has 12 heteroatoms. The number of sulfone groups is 1. The van der Waals surface area contributed by atoms with E-state index in [2.05, 4.69) is 4.98 Å². The number of ether oxygens (including phenoxy) is 2. The third kappa shape index (κ3) is 6.55. The predicted octanol–water partition coefficient (Wildman–Crippen LogP) is 4.44. The van der Waals surface area contributed by atoms with E-state index in [1.165, 1.54) is 48.9 Å². The van der Waals surface area contributed by atoms with Gasteiger partial charge in [0.05, 0.1) is 38.2 Å². The van der Waals surface area contributed by atoms with Gasteiger partial charge in [-0.1, -0.05) is 23.2 Å². The largest absolute Gasteiger partial charge is 0.507 e. The summed E-state index contributed by atoms with van der Waals surface area (Å²) >= 11 is 17.8. The fourth-order valence-electron chi connectivity index (χ4n) is 2.62. The molecule has 3 rings (SSSR count). The normalized spacial score (nSPS) is 13.0. The minimum Gasteiger partial charge on any atom is -0.507 e. The van der Waals surface area contributed by atoms with Crippen molar-refractivity contribution in [2.75, 3.05) is 19.1 Å². The summed E-state index contributed by atoms with van der Waals surface area (Å²) in [6.45, 7) is -0.265. The van der Waals surface area contributed by atoms with Gasteiger partial charge in [-0.25, -0.2) is 13.4 Å². The number of halogens is 3. The van der Waals surface area contributed by atoms with Gasteiger partial charge in [0.1, 0.15) is 30.8 Å². The summed E-state index contributed by atoms with van der Waals surface area (Å²) in [5.41, 5.74) is 0. The molecule has 176 valence electrons. The maximum absolute atomic E-state index is 13.0. The number of hydrogen-bond acceptors (Lipinski definition) is 7. The van der Waals surface area contributed by atoms with Gasteiger partial charge in [0, 0.05) is 12.4 Å². The topological polar surface area (TPSA) is 111 Å². The van der Waals surface area contributed by atoms with Crippen molar-refractivity contribution in [3.05, 3.63) is 70.9 Å². The van der Waals surface area contributed by atoms with Crippen molar-refractivity contribution in [1.82, 2.24) is 9.55 Å². The summed E-state index contributed by atoms with van der Waals surface area (Å²) in [5, 5.41) is 19.4. The van der Waals surface area contributed by atoms with Crippen LogP contribution in [0.2, 0.25) is 10.0 Å². The lowest BCUT2D eigenvalue weighted by atomic mass is 10.3. The molecule has 0 unspecified atom stereocenters. The maximum Gasteiger partial charge on any atom is 0.206 e. The molecule has 3 aromatic rings. The average Bonchev–Trinajstić information content (AvgIpc) is 3.30. The molecule has 0 amide bonds. The quantitative estimate of drug-likeness (QED) is 0.293. The smallest absolute Gasteiger partial charge is 0.206 e.